The monoisotopic (exact) mass is 503 g/mol. The van der Waals surface area contributed by atoms with Crippen LogP contribution in [-0.4, -0.2) is 73.0 Å². The summed E-state index contributed by atoms with van der Waals surface area (Å²) in [7, 11) is 4.11. The van der Waals surface area contributed by atoms with Crippen molar-refractivity contribution in [2.45, 2.75) is 57.9 Å². The van der Waals surface area contributed by atoms with Gasteiger partial charge < -0.3 is 14.5 Å². The number of ether oxygens (including phenoxy) is 1. The Morgan fingerprint density at radius 3 is 2.33 bits per heavy atom. The fourth-order valence-electron chi connectivity index (χ4n) is 5.56. The average molecular weight is 504 g/mol. The Kier molecular flexibility index (Phi) is 7.67. The summed E-state index contributed by atoms with van der Waals surface area (Å²) < 4.78 is 44.6. The van der Waals surface area contributed by atoms with Gasteiger partial charge in [-0.1, -0.05) is 6.07 Å². The number of fused-ring (bicyclic) bond motifs is 2. The fraction of sp³-hybridized carbons (Fsp3) is 0.536. The molecule has 36 heavy (non-hydrogen) atoms. The normalized spacial score (nSPS) is 20.9. The molecule has 0 spiro atoms. The van der Waals surface area contributed by atoms with Crippen molar-refractivity contribution in [3.05, 3.63) is 64.2 Å². The lowest BCUT2D eigenvalue weighted by molar-refractivity contribution is -0.137. The zero-order chi connectivity index (χ0) is 26.2. The Labute approximate surface area is 211 Å². The lowest BCUT2D eigenvalue weighted by Crippen LogP contribution is -2.49. The number of amides is 1. The number of alkyl halides is 3. The first kappa shape index (κ1) is 26.5. The Bertz CT molecular complexity index is 1080. The van der Waals surface area contributed by atoms with Crippen LogP contribution < -0.4 is 4.74 Å². The molecular weight excluding hydrogens is 467 g/mol. The fourth-order valence-corrected chi connectivity index (χ4v) is 5.56. The highest BCUT2D eigenvalue weighted by Gasteiger charge is 2.47. The summed E-state index contributed by atoms with van der Waals surface area (Å²) in [5, 5.41) is 0. The number of hydrogen-bond acceptors (Lipinski definition) is 4. The molecule has 5 nitrogen and oxygen atoms in total. The molecular formula is C28H36F3N3O2. The minimum Gasteiger partial charge on any atom is -0.493 e. The number of nitrogens with zero attached hydrogens (tertiary/aromatic N) is 3. The number of likely N-dealkylation sites (tertiary alicyclic amines) is 2. The Balaban J connectivity index is 1.39. The van der Waals surface area contributed by atoms with Crippen molar-refractivity contribution in [1.82, 2.24) is 14.7 Å². The molecule has 0 aromatic heterocycles. The second kappa shape index (κ2) is 10.4. The first-order chi connectivity index (χ1) is 17.0. The summed E-state index contributed by atoms with van der Waals surface area (Å²) in [6.45, 7) is 9.49. The molecule has 1 amide bonds. The number of carbonyl (C=O) groups excluding carboxylic acids is 1. The van der Waals surface area contributed by atoms with Gasteiger partial charge in [0.05, 0.1) is 12.2 Å². The van der Waals surface area contributed by atoms with Gasteiger partial charge in [-0.25, -0.2) is 0 Å². The molecule has 0 saturated carbocycles. The van der Waals surface area contributed by atoms with E-state index < -0.39 is 11.7 Å². The van der Waals surface area contributed by atoms with Gasteiger partial charge in [0, 0.05) is 43.3 Å². The molecule has 4 rings (SSSR count). The summed E-state index contributed by atoms with van der Waals surface area (Å²) in [6, 6.07) is 9.28. The predicted molar refractivity (Wildman–Crippen MR) is 134 cm³/mol. The Morgan fingerprint density at radius 2 is 1.75 bits per heavy atom. The summed E-state index contributed by atoms with van der Waals surface area (Å²) >= 11 is 0. The van der Waals surface area contributed by atoms with Crippen molar-refractivity contribution in [3.63, 3.8) is 0 Å². The quantitative estimate of drug-likeness (QED) is 0.458. The SMILES string of the molecule is Cc1c(OCCCN(C)C)ccc(C(C)N2CC3CC2CN3C(=O)c2ccc(C(F)(F)F)cc2)c1C. The molecule has 2 fully saturated rings. The Hall–Kier alpha value is -2.58. The first-order valence-electron chi connectivity index (χ1n) is 12.6. The molecule has 0 aliphatic carbocycles. The van der Waals surface area contributed by atoms with Crippen molar-refractivity contribution in [2.24, 2.45) is 0 Å². The molecule has 2 saturated heterocycles. The highest BCUT2D eigenvalue weighted by Crippen LogP contribution is 2.39. The van der Waals surface area contributed by atoms with Gasteiger partial charge in [-0.15, -0.1) is 0 Å². The first-order valence-corrected chi connectivity index (χ1v) is 12.6. The minimum atomic E-state index is -4.40. The molecule has 2 aromatic rings. The Morgan fingerprint density at radius 1 is 1.06 bits per heavy atom. The number of carbonyl (C=O) groups is 1. The van der Waals surface area contributed by atoms with E-state index in [4.69, 9.17) is 4.74 Å². The van der Waals surface area contributed by atoms with Crippen LogP contribution in [0.25, 0.3) is 0 Å². The van der Waals surface area contributed by atoms with Crippen molar-refractivity contribution in [2.75, 3.05) is 40.3 Å². The highest BCUT2D eigenvalue weighted by atomic mass is 19.4. The third-order valence-electron chi connectivity index (χ3n) is 7.74. The van der Waals surface area contributed by atoms with Gasteiger partial charge in [0.15, 0.2) is 0 Å². The number of benzene rings is 2. The lowest BCUT2D eigenvalue weighted by atomic mass is 9.96. The minimum absolute atomic E-state index is 0.0768. The van der Waals surface area contributed by atoms with Gasteiger partial charge in [0.2, 0.25) is 0 Å². The summed E-state index contributed by atoms with van der Waals surface area (Å²) in [5.41, 5.74) is 3.22. The zero-order valence-electron chi connectivity index (χ0n) is 21.7. The van der Waals surface area contributed by atoms with Gasteiger partial charge in [0.25, 0.3) is 5.91 Å². The summed E-state index contributed by atoms with van der Waals surface area (Å²) in [5.74, 6) is 0.741. The maximum absolute atomic E-state index is 13.0. The van der Waals surface area contributed by atoms with Crippen molar-refractivity contribution in [3.8, 4) is 5.75 Å². The molecule has 8 heteroatoms. The standard InChI is InChI=1S/C28H36F3N3O2/c1-18-19(2)26(36-14-6-13-32(4)5)12-11-25(18)20(3)33-16-24-15-23(33)17-34(24)27(35)21-7-9-22(10-8-21)28(29,30)31/h7-12,20,23-24H,6,13-17H2,1-5H3. The van der Waals surface area contributed by atoms with E-state index in [0.717, 1.165) is 49.4 Å². The molecule has 3 atom stereocenters. The largest absolute Gasteiger partial charge is 0.493 e. The van der Waals surface area contributed by atoms with Crippen LogP contribution in [0, 0.1) is 13.8 Å². The van der Waals surface area contributed by atoms with Crippen LogP contribution in [0.5, 0.6) is 5.75 Å². The lowest BCUT2D eigenvalue weighted by Gasteiger charge is -2.38. The van der Waals surface area contributed by atoms with Gasteiger partial charge in [-0.3, -0.25) is 9.69 Å². The number of piperazine rings is 1. The second-order valence-electron chi connectivity index (χ2n) is 10.4. The van der Waals surface area contributed by atoms with Crippen LogP contribution in [-0.2, 0) is 6.18 Å². The van der Waals surface area contributed by atoms with E-state index in [1.807, 2.05) is 4.90 Å². The third-order valence-corrected chi connectivity index (χ3v) is 7.74. The second-order valence-corrected chi connectivity index (χ2v) is 10.4. The van der Waals surface area contributed by atoms with Crippen molar-refractivity contribution >= 4 is 5.91 Å². The van der Waals surface area contributed by atoms with Crippen LogP contribution in [0.3, 0.4) is 0 Å². The molecule has 2 aromatic carbocycles. The van der Waals surface area contributed by atoms with Gasteiger partial charge in [0.1, 0.15) is 5.75 Å². The molecule has 3 unspecified atom stereocenters. The van der Waals surface area contributed by atoms with Crippen LogP contribution >= 0.6 is 0 Å². The van der Waals surface area contributed by atoms with Gasteiger partial charge >= 0.3 is 6.18 Å². The molecule has 2 bridgehead atoms. The van der Waals surface area contributed by atoms with Crippen LogP contribution in [0.1, 0.15) is 58.4 Å². The van der Waals surface area contributed by atoms with Crippen molar-refractivity contribution < 1.29 is 22.7 Å². The smallest absolute Gasteiger partial charge is 0.416 e. The molecule has 196 valence electrons. The summed E-state index contributed by atoms with van der Waals surface area (Å²) in [6.07, 6.45) is -2.54. The van der Waals surface area contributed by atoms with Crippen molar-refractivity contribution in [1.29, 1.82) is 0 Å². The van der Waals surface area contributed by atoms with Crippen LogP contribution in [0.2, 0.25) is 0 Å². The molecule has 0 radical (unpaired) electrons. The van der Waals surface area contributed by atoms with E-state index >= 15 is 0 Å². The van der Waals surface area contributed by atoms with E-state index in [-0.39, 0.29) is 24.0 Å². The van der Waals surface area contributed by atoms with E-state index in [1.54, 1.807) is 0 Å². The maximum Gasteiger partial charge on any atom is 0.416 e. The van der Waals surface area contributed by atoms with E-state index in [0.29, 0.717) is 18.7 Å². The van der Waals surface area contributed by atoms with Gasteiger partial charge in [-0.05, 0) is 94.7 Å². The van der Waals surface area contributed by atoms with Gasteiger partial charge in [-0.2, -0.15) is 13.2 Å². The topological polar surface area (TPSA) is 36.0 Å². The van der Waals surface area contributed by atoms with E-state index in [9.17, 15) is 18.0 Å². The predicted octanol–water partition coefficient (Wildman–Crippen LogP) is 5.31. The number of hydrogen-bond donors (Lipinski definition) is 0. The average Bonchev–Trinajstić information content (AvgIpc) is 3.44. The van der Waals surface area contributed by atoms with E-state index in [2.05, 4.69) is 56.8 Å². The molecule has 0 N–H and O–H groups in total. The van der Waals surface area contributed by atoms with Crippen LogP contribution in [0.15, 0.2) is 36.4 Å². The maximum atomic E-state index is 13.0. The van der Waals surface area contributed by atoms with E-state index in [1.165, 1.54) is 23.3 Å². The molecule has 2 heterocycles. The number of halogens is 3. The van der Waals surface area contributed by atoms with Crippen LogP contribution in [0.4, 0.5) is 13.2 Å². The highest BCUT2D eigenvalue weighted by molar-refractivity contribution is 5.94. The summed E-state index contributed by atoms with van der Waals surface area (Å²) in [4.78, 5) is 19.5. The third kappa shape index (κ3) is 5.39. The molecule has 2 aliphatic heterocycles. The zero-order valence-corrected chi connectivity index (χ0v) is 21.7. The number of rotatable bonds is 8. The molecule has 2 aliphatic rings.